The minimum atomic E-state index is -1.17. The van der Waals surface area contributed by atoms with Gasteiger partial charge in [0.2, 0.25) is 0 Å². The number of carbonyl (C=O) groups excluding carboxylic acids is 1. The van der Waals surface area contributed by atoms with Crippen LogP contribution in [0.5, 0.6) is 0 Å². The van der Waals surface area contributed by atoms with Gasteiger partial charge in [0.25, 0.3) is 0 Å². The van der Waals surface area contributed by atoms with Gasteiger partial charge in [0.05, 0.1) is 17.7 Å². The first kappa shape index (κ1) is 12.2. The van der Waals surface area contributed by atoms with Gasteiger partial charge in [0.1, 0.15) is 0 Å². The zero-order valence-electron chi connectivity index (χ0n) is 9.40. The Bertz CT molecular complexity index is 571. The molecule has 0 amide bonds. The van der Waals surface area contributed by atoms with Crippen molar-refractivity contribution in [2.24, 2.45) is 0 Å². The average molecular weight is 263 g/mol. The summed E-state index contributed by atoms with van der Waals surface area (Å²) in [6.45, 7) is 1.50. The average Bonchev–Trinajstić information content (AvgIpc) is 2.75. The van der Waals surface area contributed by atoms with Crippen molar-refractivity contribution in [2.45, 2.75) is 18.1 Å². The van der Waals surface area contributed by atoms with Crippen molar-refractivity contribution in [1.29, 1.82) is 0 Å². The number of nitrogens with one attached hydrogen (secondary N) is 1. The Hall–Kier alpha value is -2.22. The van der Waals surface area contributed by atoms with Crippen molar-refractivity contribution in [2.75, 3.05) is 5.32 Å². The maximum atomic E-state index is 10.6. The number of tetrazole rings is 1. The van der Waals surface area contributed by atoms with Gasteiger partial charge < -0.3 is 27.8 Å². The number of hydrogen-bond donors (Lipinski definition) is 1. The lowest BCUT2D eigenvalue weighted by atomic mass is 10.2. The molecule has 1 aromatic heterocycles. The molecule has 0 bridgehead atoms. The summed E-state index contributed by atoms with van der Waals surface area (Å²) in [5, 5.41) is 24.5. The molecular formula is C10H9N5O2S-2. The SMILES string of the molecule is CC(Nc1cccc(-n2nnnc2[S-])c1)C(=O)[O-]. The van der Waals surface area contributed by atoms with E-state index >= 15 is 0 Å². The smallest absolute Gasteiger partial charge is 0.0684 e. The zero-order chi connectivity index (χ0) is 13.1. The lowest BCUT2D eigenvalue weighted by molar-refractivity contribution is -0.306. The molecule has 0 fully saturated rings. The van der Waals surface area contributed by atoms with Crippen LogP contribution in [0.1, 0.15) is 6.92 Å². The highest BCUT2D eigenvalue weighted by Crippen LogP contribution is 2.15. The summed E-state index contributed by atoms with van der Waals surface area (Å²) in [4.78, 5) is 10.6. The number of carbonyl (C=O) groups is 1. The zero-order valence-corrected chi connectivity index (χ0v) is 10.2. The second-order valence-electron chi connectivity index (χ2n) is 3.61. The van der Waals surface area contributed by atoms with Crippen molar-refractivity contribution in [3.63, 3.8) is 0 Å². The summed E-state index contributed by atoms with van der Waals surface area (Å²) in [7, 11) is 0. The van der Waals surface area contributed by atoms with E-state index in [0.29, 0.717) is 11.4 Å². The van der Waals surface area contributed by atoms with Crippen LogP contribution in [-0.4, -0.2) is 32.2 Å². The standard InChI is InChI=1S/C10H11N5O2S/c1-6(9(16)17)11-7-3-2-4-8(5-7)15-10(18)12-13-14-15/h2-6,11H,1H3,(H,16,17)(H,12,14,18)/p-2. The number of carboxylic acids is 1. The third kappa shape index (κ3) is 2.54. The summed E-state index contributed by atoms with van der Waals surface area (Å²) >= 11 is 4.94. The number of benzene rings is 1. The van der Waals surface area contributed by atoms with Gasteiger partial charge in [-0.2, -0.15) is 0 Å². The molecule has 1 unspecified atom stereocenters. The predicted octanol–water partition coefficient (Wildman–Crippen LogP) is -0.882. The quantitative estimate of drug-likeness (QED) is 0.715. The molecule has 1 atom stereocenters. The topological polar surface area (TPSA) is 95.8 Å². The first-order chi connectivity index (χ1) is 8.58. The summed E-state index contributed by atoms with van der Waals surface area (Å²) < 4.78 is 1.38. The van der Waals surface area contributed by atoms with Crippen molar-refractivity contribution in [3.8, 4) is 5.69 Å². The molecule has 18 heavy (non-hydrogen) atoms. The molecule has 0 aliphatic rings. The molecule has 0 radical (unpaired) electrons. The molecule has 0 saturated carbocycles. The fourth-order valence-corrected chi connectivity index (χ4v) is 1.56. The van der Waals surface area contributed by atoms with Crippen LogP contribution in [-0.2, 0) is 17.4 Å². The minimum absolute atomic E-state index is 0.236. The van der Waals surface area contributed by atoms with Crippen LogP contribution in [0.25, 0.3) is 5.69 Å². The van der Waals surface area contributed by atoms with Crippen molar-refractivity contribution >= 4 is 24.3 Å². The second-order valence-corrected chi connectivity index (χ2v) is 3.97. The van der Waals surface area contributed by atoms with Crippen LogP contribution in [0.3, 0.4) is 0 Å². The number of hydrogen-bond acceptors (Lipinski definition) is 7. The van der Waals surface area contributed by atoms with E-state index in [9.17, 15) is 9.90 Å². The summed E-state index contributed by atoms with van der Waals surface area (Å²) in [6, 6.07) is 6.15. The Morgan fingerprint density at radius 2 is 2.33 bits per heavy atom. The Kier molecular flexibility index (Phi) is 3.38. The van der Waals surface area contributed by atoms with E-state index in [1.807, 2.05) is 0 Å². The molecule has 1 N–H and O–H groups in total. The second kappa shape index (κ2) is 4.96. The van der Waals surface area contributed by atoms with Gasteiger partial charge in [0, 0.05) is 10.8 Å². The van der Waals surface area contributed by atoms with Crippen LogP contribution in [0.2, 0.25) is 0 Å². The van der Waals surface area contributed by atoms with Gasteiger partial charge in [-0.15, -0.1) is 5.10 Å². The highest BCUT2D eigenvalue weighted by Gasteiger charge is 2.04. The fourth-order valence-electron chi connectivity index (χ4n) is 1.38. The summed E-state index contributed by atoms with van der Waals surface area (Å²) in [5.41, 5.74) is 1.27. The third-order valence-corrected chi connectivity index (χ3v) is 2.52. The summed E-state index contributed by atoms with van der Waals surface area (Å²) in [6.07, 6.45) is 0. The largest absolute Gasteiger partial charge is 0.738 e. The molecule has 7 nitrogen and oxygen atoms in total. The third-order valence-electron chi connectivity index (χ3n) is 2.27. The lowest BCUT2D eigenvalue weighted by Gasteiger charge is -2.17. The molecule has 0 saturated heterocycles. The van der Waals surface area contributed by atoms with E-state index in [-0.39, 0.29) is 5.16 Å². The van der Waals surface area contributed by atoms with Crippen LogP contribution >= 0.6 is 0 Å². The Morgan fingerprint density at radius 3 is 2.94 bits per heavy atom. The van der Waals surface area contributed by atoms with E-state index in [1.165, 1.54) is 11.6 Å². The first-order valence-corrected chi connectivity index (χ1v) is 5.52. The van der Waals surface area contributed by atoms with Crippen LogP contribution in [0.15, 0.2) is 29.4 Å². The van der Waals surface area contributed by atoms with Crippen LogP contribution < -0.4 is 10.4 Å². The monoisotopic (exact) mass is 263 g/mol. The molecule has 1 aromatic carbocycles. The molecular weight excluding hydrogens is 254 g/mol. The van der Waals surface area contributed by atoms with E-state index < -0.39 is 12.0 Å². The first-order valence-electron chi connectivity index (χ1n) is 5.11. The molecule has 8 heteroatoms. The molecule has 0 spiro atoms. The van der Waals surface area contributed by atoms with Gasteiger partial charge in [-0.05, 0) is 35.5 Å². The molecule has 0 aliphatic carbocycles. The number of rotatable bonds is 4. The van der Waals surface area contributed by atoms with Gasteiger partial charge in [-0.25, -0.2) is 4.68 Å². The normalized spacial score (nSPS) is 12.1. The Morgan fingerprint density at radius 1 is 1.56 bits per heavy atom. The van der Waals surface area contributed by atoms with E-state index in [4.69, 9.17) is 12.6 Å². The minimum Gasteiger partial charge on any atom is -0.738 e. The van der Waals surface area contributed by atoms with Crippen LogP contribution in [0, 0.1) is 0 Å². The van der Waals surface area contributed by atoms with Crippen LogP contribution in [0.4, 0.5) is 5.69 Å². The number of aliphatic carboxylic acids is 1. The number of anilines is 1. The maximum absolute atomic E-state index is 10.6. The van der Waals surface area contributed by atoms with Crippen molar-refractivity contribution < 1.29 is 9.90 Å². The van der Waals surface area contributed by atoms with E-state index in [1.54, 1.807) is 24.3 Å². The van der Waals surface area contributed by atoms with E-state index in [0.717, 1.165) is 0 Å². The van der Waals surface area contributed by atoms with Gasteiger partial charge in [0.15, 0.2) is 0 Å². The molecule has 1 heterocycles. The van der Waals surface area contributed by atoms with Gasteiger partial charge >= 0.3 is 0 Å². The Labute approximate surface area is 108 Å². The van der Waals surface area contributed by atoms with Gasteiger partial charge in [-0.3, -0.25) is 0 Å². The van der Waals surface area contributed by atoms with E-state index in [2.05, 4.69) is 20.8 Å². The number of aromatic nitrogens is 4. The number of nitrogens with zero attached hydrogens (tertiary/aromatic N) is 4. The highest BCUT2D eigenvalue weighted by atomic mass is 32.1. The maximum Gasteiger partial charge on any atom is 0.0684 e. The molecule has 94 valence electrons. The molecule has 2 aromatic rings. The highest BCUT2D eigenvalue weighted by molar-refractivity contribution is 7.58. The molecule has 2 rings (SSSR count). The van der Waals surface area contributed by atoms with Crippen molar-refractivity contribution in [1.82, 2.24) is 20.2 Å². The van der Waals surface area contributed by atoms with Crippen molar-refractivity contribution in [3.05, 3.63) is 24.3 Å². The fraction of sp³-hybridized carbons (Fsp3) is 0.200. The molecule has 0 aliphatic heterocycles. The number of carboxylic acid groups (broad SMARTS) is 1. The Balaban J connectivity index is 2.26. The predicted molar refractivity (Wildman–Crippen MR) is 62.9 cm³/mol. The van der Waals surface area contributed by atoms with Gasteiger partial charge in [-0.1, -0.05) is 6.07 Å². The lowest BCUT2D eigenvalue weighted by Crippen LogP contribution is -2.38. The summed E-state index contributed by atoms with van der Waals surface area (Å²) in [5.74, 6) is -1.17.